The third-order valence-electron chi connectivity index (χ3n) is 0. The van der Waals surface area contributed by atoms with Gasteiger partial charge in [-0.3, -0.25) is 0 Å². The first kappa shape index (κ1) is 16.4. The summed E-state index contributed by atoms with van der Waals surface area (Å²) in [6.07, 6.45) is 0. The van der Waals surface area contributed by atoms with Crippen molar-refractivity contribution in [2.24, 2.45) is 0 Å². The van der Waals surface area contributed by atoms with Crippen molar-refractivity contribution in [2.75, 3.05) is 0 Å². The van der Waals surface area contributed by atoms with E-state index in [9.17, 15) is 0 Å². The summed E-state index contributed by atoms with van der Waals surface area (Å²) in [6, 6.07) is 0. The van der Waals surface area contributed by atoms with Gasteiger partial charge in [-0.15, -0.1) is 0 Å². The topological polar surface area (TPSA) is 46.1 Å². The van der Waals surface area contributed by atoms with Crippen LogP contribution in [0.1, 0.15) is 0 Å². The molecule has 6 heteroatoms. The molecule has 0 aromatic rings. The van der Waals surface area contributed by atoms with Crippen LogP contribution in [0.5, 0.6) is 0 Å². The normalized spacial score (nSPS) is 4.50. The molecule has 0 aromatic carbocycles. The monoisotopic (exact) mass is 200 g/mol. The van der Waals surface area contributed by atoms with Crippen molar-refractivity contribution in [1.82, 2.24) is 0 Å². The summed E-state index contributed by atoms with van der Waals surface area (Å²) in [7, 11) is 0. The van der Waals surface area contributed by atoms with Gasteiger partial charge < -0.3 is 10.0 Å². The van der Waals surface area contributed by atoms with Crippen molar-refractivity contribution in [3.05, 3.63) is 0 Å². The standard InChI is InChI=1S/BBrO2.2K/c2-1(3)4;;/q-2;2*+1. The van der Waals surface area contributed by atoms with Crippen molar-refractivity contribution in [1.29, 1.82) is 0 Å². The van der Waals surface area contributed by atoms with E-state index in [2.05, 4.69) is 15.8 Å². The molecular weight excluding hydrogens is 201 g/mol. The average Bonchev–Trinajstić information content (AvgIpc) is 0.811. The zero-order chi connectivity index (χ0) is 3.58. The maximum absolute atomic E-state index is 8.89. The Hall–Kier alpha value is 3.74. The third kappa shape index (κ3) is 25.1. The second-order valence-corrected chi connectivity index (χ2v) is 1.02. The van der Waals surface area contributed by atoms with Crippen molar-refractivity contribution in [3.8, 4) is 0 Å². The SMILES string of the molecule is [K+].[K+].[O-]B([O-])Br. The van der Waals surface area contributed by atoms with E-state index in [4.69, 9.17) is 10.0 Å². The summed E-state index contributed by atoms with van der Waals surface area (Å²) >= 11 is 2.16. The molecule has 0 heterocycles. The van der Waals surface area contributed by atoms with Crippen LogP contribution in [0, 0.1) is 0 Å². The van der Waals surface area contributed by atoms with Gasteiger partial charge in [0, 0.05) is 0 Å². The van der Waals surface area contributed by atoms with Crippen molar-refractivity contribution >= 4 is 21.7 Å². The fraction of sp³-hybridized carbons (Fsp3) is 0. The van der Waals surface area contributed by atoms with Crippen LogP contribution in [0.3, 0.4) is 0 Å². The molecule has 0 rings (SSSR count). The van der Waals surface area contributed by atoms with Crippen molar-refractivity contribution < 1.29 is 113 Å². The van der Waals surface area contributed by atoms with Gasteiger partial charge in [-0.25, -0.2) is 15.8 Å². The van der Waals surface area contributed by atoms with E-state index in [1.54, 1.807) is 0 Å². The number of hydrogen-bond acceptors (Lipinski definition) is 2. The van der Waals surface area contributed by atoms with Gasteiger partial charge in [0.15, 0.2) is 0 Å². The Morgan fingerprint density at radius 3 is 1.17 bits per heavy atom. The molecule has 2 nitrogen and oxygen atoms in total. The molecule has 0 bridgehead atoms. The summed E-state index contributed by atoms with van der Waals surface area (Å²) in [6.45, 7) is 0. The molecule has 0 aliphatic carbocycles. The van der Waals surface area contributed by atoms with Crippen molar-refractivity contribution in [2.45, 2.75) is 0 Å². The quantitative estimate of drug-likeness (QED) is 0.365. The molecule has 24 valence electrons. The van der Waals surface area contributed by atoms with Crippen LogP contribution in [0.2, 0.25) is 0 Å². The maximum atomic E-state index is 8.89. The number of halogens is 1. The molecule has 0 amide bonds. The molecule has 0 fully saturated rings. The van der Waals surface area contributed by atoms with Crippen LogP contribution in [-0.4, -0.2) is 5.94 Å². The van der Waals surface area contributed by atoms with Crippen LogP contribution in [0.25, 0.3) is 0 Å². The van der Waals surface area contributed by atoms with Crippen molar-refractivity contribution in [3.63, 3.8) is 0 Å². The Morgan fingerprint density at radius 1 is 1.17 bits per heavy atom. The Balaban J connectivity index is -0.0000000450. The van der Waals surface area contributed by atoms with E-state index in [0.29, 0.717) is 0 Å². The van der Waals surface area contributed by atoms with Gasteiger partial charge in [0.2, 0.25) is 0 Å². The molecule has 0 radical (unpaired) electrons. The predicted molar refractivity (Wildman–Crippen MR) is 14.7 cm³/mol. The summed E-state index contributed by atoms with van der Waals surface area (Å²) in [5.74, 6) is -1.85. The van der Waals surface area contributed by atoms with Gasteiger partial charge >= 0.3 is 103 Å². The minimum absolute atomic E-state index is 0. The van der Waals surface area contributed by atoms with E-state index in [1.807, 2.05) is 0 Å². The van der Waals surface area contributed by atoms with Gasteiger partial charge in [0.25, 0.3) is 0 Å². The van der Waals surface area contributed by atoms with Crippen LogP contribution in [0.15, 0.2) is 0 Å². The van der Waals surface area contributed by atoms with E-state index in [-0.39, 0.29) is 103 Å². The Labute approximate surface area is 130 Å². The van der Waals surface area contributed by atoms with Gasteiger partial charge in [-0.05, 0) is 5.94 Å². The van der Waals surface area contributed by atoms with Gasteiger partial charge in [-0.1, -0.05) is 0 Å². The zero-order valence-corrected chi connectivity index (χ0v) is 11.6. The molecule has 0 atom stereocenters. The second-order valence-electron chi connectivity index (χ2n) is 0.274. The molecule has 0 saturated heterocycles. The first-order valence-corrected chi connectivity index (χ1v) is 1.61. The molecule has 0 saturated carbocycles. The fourth-order valence-electron chi connectivity index (χ4n) is 0. The van der Waals surface area contributed by atoms with E-state index in [0.717, 1.165) is 0 Å². The largest absolute Gasteiger partial charge is 1.00 e. The average molecular weight is 201 g/mol. The predicted octanol–water partition coefficient (Wildman–Crippen LogP) is -7.91. The third-order valence-corrected chi connectivity index (χ3v) is 0. The summed E-state index contributed by atoms with van der Waals surface area (Å²) < 4.78 is 0. The van der Waals surface area contributed by atoms with E-state index < -0.39 is 5.94 Å². The minimum atomic E-state index is -1.85. The van der Waals surface area contributed by atoms with E-state index >= 15 is 0 Å². The van der Waals surface area contributed by atoms with Crippen LogP contribution in [0.4, 0.5) is 0 Å². The summed E-state index contributed by atoms with van der Waals surface area (Å²) in [5.41, 5.74) is 0. The molecule has 0 N–H and O–H groups in total. The summed E-state index contributed by atoms with van der Waals surface area (Å²) in [5, 5.41) is 17.8. The van der Waals surface area contributed by atoms with Gasteiger partial charge in [0.1, 0.15) is 0 Å². The summed E-state index contributed by atoms with van der Waals surface area (Å²) in [4.78, 5) is 0. The molecular formula is BBrK2O2. The van der Waals surface area contributed by atoms with Crippen LogP contribution >= 0.6 is 15.8 Å². The first-order chi connectivity index (χ1) is 1.73. The molecule has 0 unspecified atom stereocenters. The number of rotatable bonds is 0. The molecule has 6 heavy (non-hydrogen) atoms. The van der Waals surface area contributed by atoms with E-state index in [1.165, 1.54) is 0 Å². The second kappa shape index (κ2) is 11.5. The first-order valence-electron chi connectivity index (χ1n) is 0.690. The molecule has 0 aromatic heterocycles. The Kier molecular flexibility index (Phi) is 31.5. The smallest absolute Gasteiger partial charge is 0.884 e. The number of hydrogen-bond donors (Lipinski definition) is 0. The van der Waals surface area contributed by atoms with Gasteiger partial charge in [0.05, 0.1) is 0 Å². The minimum Gasteiger partial charge on any atom is -0.884 e. The molecule has 0 aliphatic rings. The molecule has 0 spiro atoms. The Bertz CT molecular complexity index is 16.3. The maximum Gasteiger partial charge on any atom is 1.00 e. The van der Waals surface area contributed by atoms with Crippen LogP contribution in [-0.2, 0) is 0 Å². The zero-order valence-electron chi connectivity index (χ0n) is 3.77. The van der Waals surface area contributed by atoms with Gasteiger partial charge in [-0.2, -0.15) is 0 Å². The Morgan fingerprint density at radius 2 is 1.17 bits per heavy atom. The fourth-order valence-corrected chi connectivity index (χ4v) is 0. The molecule has 0 aliphatic heterocycles. The van der Waals surface area contributed by atoms with Crippen LogP contribution < -0.4 is 113 Å².